The number of ether oxygens (including phenoxy) is 2. The van der Waals surface area contributed by atoms with Crippen LogP contribution in [0.4, 0.5) is 10.7 Å². The third kappa shape index (κ3) is 2.92. The Labute approximate surface area is 80.8 Å². The third-order valence-electron chi connectivity index (χ3n) is 1.21. The van der Waals surface area contributed by atoms with Gasteiger partial charge in [0.25, 0.3) is 0 Å². The zero-order chi connectivity index (χ0) is 10.6. The first-order chi connectivity index (χ1) is 6.61. The molecule has 0 fully saturated rings. The highest BCUT2D eigenvalue weighted by atomic mass is 16.6. The molecule has 0 unspecified atom stereocenters. The van der Waals surface area contributed by atoms with Crippen LogP contribution in [0.3, 0.4) is 0 Å². The average Bonchev–Trinajstić information content (AvgIpc) is 2.50. The van der Waals surface area contributed by atoms with Gasteiger partial charge in [-0.1, -0.05) is 0 Å². The van der Waals surface area contributed by atoms with E-state index in [0.29, 0.717) is 0 Å². The number of carbonyl (C=O) groups excluding carboxylic acids is 1. The molecule has 0 bridgehead atoms. The number of hydrogen-bond acceptors (Lipinski definition) is 5. The van der Waals surface area contributed by atoms with Gasteiger partial charge in [-0.05, 0) is 13.8 Å². The fourth-order valence-corrected chi connectivity index (χ4v) is 0.734. The lowest BCUT2D eigenvalue weighted by Gasteiger charge is -2.06. The first-order valence-electron chi connectivity index (χ1n) is 4.06. The van der Waals surface area contributed by atoms with Crippen molar-refractivity contribution in [1.29, 1.82) is 0 Å². The van der Waals surface area contributed by atoms with Crippen molar-refractivity contribution in [2.45, 2.75) is 20.0 Å². The summed E-state index contributed by atoms with van der Waals surface area (Å²) >= 11 is 0. The lowest BCUT2D eigenvalue weighted by Crippen LogP contribution is -2.18. The molecule has 1 amide bonds. The van der Waals surface area contributed by atoms with Crippen molar-refractivity contribution >= 4 is 12.0 Å². The smallest absolute Gasteiger partial charge is 0.414 e. The molecule has 1 aromatic rings. The molecule has 7 heteroatoms. The van der Waals surface area contributed by atoms with Crippen LogP contribution >= 0.6 is 0 Å². The first-order valence-corrected chi connectivity index (χ1v) is 4.06. The van der Waals surface area contributed by atoms with E-state index in [9.17, 15) is 4.79 Å². The molecule has 1 aromatic heterocycles. The van der Waals surface area contributed by atoms with Gasteiger partial charge < -0.3 is 9.47 Å². The van der Waals surface area contributed by atoms with E-state index in [1.165, 1.54) is 7.11 Å². The van der Waals surface area contributed by atoms with Crippen molar-refractivity contribution in [1.82, 2.24) is 15.2 Å². The number of aromatic nitrogens is 3. The Morgan fingerprint density at radius 3 is 2.79 bits per heavy atom. The summed E-state index contributed by atoms with van der Waals surface area (Å²) < 4.78 is 9.53. The minimum absolute atomic E-state index is 0.157. The molecule has 0 aliphatic rings. The molecule has 14 heavy (non-hydrogen) atoms. The number of methoxy groups -OCH3 is 1. The van der Waals surface area contributed by atoms with E-state index in [-0.39, 0.29) is 18.1 Å². The highest BCUT2D eigenvalue weighted by molar-refractivity contribution is 5.82. The molecule has 0 saturated carbocycles. The molecule has 0 spiro atoms. The topological polar surface area (TPSA) is 89.1 Å². The van der Waals surface area contributed by atoms with E-state index in [2.05, 4.69) is 20.5 Å². The molecule has 0 aromatic carbocycles. The quantitative estimate of drug-likeness (QED) is 0.752. The van der Waals surface area contributed by atoms with Gasteiger partial charge in [0.2, 0.25) is 5.95 Å². The number of H-pyrrole nitrogens is 1. The van der Waals surface area contributed by atoms with Crippen molar-refractivity contribution in [2.75, 3.05) is 12.4 Å². The summed E-state index contributed by atoms with van der Waals surface area (Å²) in [7, 11) is 1.43. The lowest BCUT2D eigenvalue weighted by atomic mass is 10.5. The first kappa shape index (κ1) is 10.3. The van der Waals surface area contributed by atoms with E-state index < -0.39 is 6.09 Å². The molecule has 7 nitrogen and oxygen atoms in total. The van der Waals surface area contributed by atoms with Crippen LogP contribution < -0.4 is 10.1 Å². The molecular weight excluding hydrogens is 188 g/mol. The molecule has 0 atom stereocenters. The second kappa shape index (κ2) is 4.45. The highest BCUT2D eigenvalue weighted by Crippen LogP contribution is 2.05. The summed E-state index contributed by atoms with van der Waals surface area (Å²) in [6.07, 6.45) is -0.765. The molecule has 0 saturated heterocycles. The lowest BCUT2D eigenvalue weighted by molar-refractivity contribution is 0.129. The fourth-order valence-electron chi connectivity index (χ4n) is 0.734. The van der Waals surface area contributed by atoms with Crippen LogP contribution in [-0.4, -0.2) is 34.5 Å². The molecule has 0 aliphatic heterocycles. The fraction of sp³-hybridized carbons (Fsp3) is 0.571. The number of carbonyl (C=O) groups is 1. The predicted molar refractivity (Wildman–Crippen MR) is 48.2 cm³/mol. The number of rotatable bonds is 3. The van der Waals surface area contributed by atoms with E-state index in [4.69, 9.17) is 9.47 Å². The maximum atomic E-state index is 11.1. The van der Waals surface area contributed by atoms with Gasteiger partial charge in [0.15, 0.2) is 0 Å². The van der Waals surface area contributed by atoms with E-state index >= 15 is 0 Å². The standard InChI is InChI=1S/C7H12N4O3/c1-4(2)14-7(12)9-5-8-6(13-3)11-10-5/h4H,1-3H3,(H2,8,9,10,11,12). The molecular formula is C7H12N4O3. The van der Waals surface area contributed by atoms with Crippen molar-refractivity contribution < 1.29 is 14.3 Å². The van der Waals surface area contributed by atoms with Crippen molar-refractivity contribution in [2.24, 2.45) is 0 Å². The maximum Gasteiger partial charge on any atom is 0.414 e. The average molecular weight is 200 g/mol. The Kier molecular flexibility index (Phi) is 3.27. The Morgan fingerprint density at radius 2 is 2.29 bits per heavy atom. The van der Waals surface area contributed by atoms with Crippen LogP contribution in [-0.2, 0) is 4.74 Å². The Balaban J connectivity index is 2.47. The van der Waals surface area contributed by atoms with Gasteiger partial charge >= 0.3 is 12.1 Å². The number of nitrogens with one attached hydrogen (secondary N) is 2. The normalized spacial score (nSPS) is 10.0. The van der Waals surface area contributed by atoms with Gasteiger partial charge in [0.1, 0.15) is 0 Å². The summed E-state index contributed by atoms with van der Waals surface area (Å²) in [5.74, 6) is 0.188. The molecule has 0 aliphatic carbocycles. The van der Waals surface area contributed by atoms with Crippen molar-refractivity contribution in [3.05, 3.63) is 0 Å². The van der Waals surface area contributed by atoms with Gasteiger partial charge in [0, 0.05) is 0 Å². The van der Waals surface area contributed by atoms with Gasteiger partial charge in [-0.3, -0.25) is 5.32 Å². The van der Waals surface area contributed by atoms with Gasteiger partial charge in [0.05, 0.1) is 13.2 Å². The molecule has 2 N–H and O–H groups in total. The van der Waals surface area contributed by atoms with Crippen LogP contribution in [0.1, 0.15) is 13.8 Å². The molecule has 0 radical (unpaired) electrons. The maximum absolute atomic E-state index is 11.1. The number of aromatic amines is 1. The third-order valence-corrected chi connectivity index (χ3v) is 1.21. The number of amides is 1. The van der Waals surface area contributed by atoms with Crippen molar-refractivity contribution in [3.63, 3.8) is 0 Å². The summed E-state index contributed by atoms with van der Waals surface area (Å²) in [6.45, 7) is 3.50. The molecule has 1 rings (SSSR count). The SMILES string of the molecule is COc1n[nH]c(NC(=O)OC(C)C)n1. The Bertz CT molecular complexity index is 310. The van der Waals surface area contributed by atoms with Gasteiger partial charge in [-0.25, -0.2) is 9.89 Å². The van der Waals surface area contributed by atoms with Crippen LogP contribution in [0.25, 0.3) is 0 Å². The van der Waals surface area contributed by atoms with Gasteiger partial charge in [-0.15, -0.1) is 5.10 Å². The summed E-state index contributed by atoms with van der Waals surface area (Å²) in [4.78, 5) is 14.8. The second-order valence-corrected chi connectivity index (χ2v) is 2.75. The predicted octanol–water partition coefficient (Wildman–Crippen LogP) is 0.770. The Hall–Kier alpha value is -1.79. The number of nitrogens with zero attached hydrogens (tertiary/aromatic N) is 2. The van der Waals surface area contributed by atoms with Gasteiger partial charge in [-0.2, -0.15) is 4.98 Å². The van der Waals surface area contributed by atoms with E-state index in [1.807, 2.05) is 0 Å². The second-order valence-electron chi connectivity index (χ2n) is 2.75. The van der Waals surface area contributed by atoms with E-state index in [1.54, 1.807) is 13.8 Å². The zero-order valence-electron chi connectivity index (χ0n) is 8.20. The Morgan fingerprint density at radius 1 is 1.57 bits per heavy atom. The minimum atomic E-state index is -0.584. The highest BCUT2D eigenvalue weighted by Gasteiger charge is 2.08. The zero-order valence-corrected chi connectivity index (χ0v) is 8.20. The van der Waals surface area contributed by atoms with Crippen LogP contribution in [0.15, 0.2) is 0 Å². The van der Waals surface area contributed by atoms with Crippen LogP contribution in [0.5, 0.6) is 6.01 Å². The number of anilines is 1. The monoisotopic (exact) mass is 200 g/mol. The van der Waals surface area contributed by atoms with E-state index in [0.717, 1.165) is 0 Å². The van der Waals surface area contributed by atoms with Crippen LogP contribution in [0.2, 0.25) is 0 Å². The summed E-state index contributed by atoms with van der Waals surface area (Å²) in [5, 5.41) is 8.46. The number of hydrogen-bond donors (Lipinski definition) is 2. The molecule has 78 valence electrons. The molecule has 1 heterocycles. The largest absolute Gasteiger partial charge is 0.466 e. The minimum Gasteiger partial charge on any atom is -0.466 e. The van der Waals surface area contributed by atoms with Crippen LogP contribution in [0, 0.1) is 0 Å². The van der Waals surface area contributed by atoms with Crippen molar-refractivity contribution in [3.8, 4) is 6.01 Å². The summed E-state index contributed by atoms with van der Waals surface area (Å²) in [5.41, 5.74) is 0. The summed E-state index contributed by atoms with van der Waals surface area (Å²) in [6, 6.07) is 0.157.